The lowest BCUT2D eigenvalue weighted by Crippen LogP contribution is -2.29. The molecule has 2 aromatic rings. The van der Waals surface area contributed by atoms with Crippen molar-refractivity contribution in [3.8, 4) is 11.3 Å². The highest BCUT2D eigenvalue weighted by atomic mass is 32.1. The van der Waals surface area contributed by atoms with Gasteiger partial charge in [-0.15, -0.1) is 11.3 Å². The lowest BCUT2D eigenvalue weighted by atomic mass is 9.72. The molecule has 1 fully saturated rings. The maximum absolute atomic E-state index is 11.2. The third-order valence-electron chi connectivity index (χ3n) is 4.74. The highest BCUT2D eigenvalue weighted by Gasteiger charge is 2.30. The molecule has 1 unspecified atom stereocenters. The molecule has 27 heavy (non-hydrogen) atoms. The van der Waals surface area contributed by atoms with E-state index in [0.717, 1.165) is 28.9 Å². The highest BCUT2D eigenvalue weighted by molar-refractivity contribution is 7.07. The average molecular weight is 387 g/mol. The second-order valence-corrected chi connectivity index (χ2v) is 8.85. The topological polar surface area (TPSA) is 72.8 Å². The van der Waals surface area contributed by atoms with E-state index in [4.69, 9.17) is 5.10 Å². The zero-order chi connectivity index (χ0) is 19.6. The van der Waals surface area contributed by atoms with Crippen LogP contribution in [0.2, 0.25) is 0 Å². The number of rotatable bonds is 4. The van der Waals surface area contributed by atoms with Crippen molar-refractivity contribution in [2.24, 2.45) is 21.4 Å². The van der Waals surface area contributed by atoms with Gasteiger partial charge in [0.15, 0.2) is 0 Å². The molecule has 0 amide bonds. The van der Waals surface area contributed by atoms with Gasteiger partial charge in [0, 0.05) is 35.3 Å². The van der Waals surface area contributed by atoms with Crippen molar-refractivity contribution < 1.29 is 4.92 Å². The molecule has 6 nitrogen and oxygen atoms in total. The predicted molar refractivity (Wildman–Crippen MR) is 110 cm³/mol. The monoisotopic (exact) mass is 386 g/mol. The van der Waals surface area contributed by atoms with Gasteiger partial charge < -0.3 is 0 Å². The molecular formula is C20H26N4O2S. The van der Waals surface area contributed by atoms with E-state index in [1.807, 2.05) is 23.0 Å². The van der Waals surface area contributed by atoms with Crippen molar-refractivity contribution in [3.05, 3.63) is 44.6 Å². The van der Waals surface area contributed by atoms with Gasteiger partial charge in [-0.05, 0) is 37.5 Å². The maximum atomic E-state index is 11.2. The summed E-state index contributed by atoms with van der Waals surface area (Å²) in [5.74, 6) is 0.597. The first kappa shape index (κ1) is 19.5. The van der Waals surface area contributed by atoms with Gasteiger partial charge in [-0.2, -0.15) is 5.10 Å². The van der Waals surface area contributed by atoms with Crippen LogP contribution >= 0.6 is 11.3 Å². The lowest BCUT2D eigenvalue weighted by Gasteiger charge is -2.34. The molecule has 1 aromatic carbocycles. The van der Waals surface area contributed by atoms with Crippen LogP contribution in [0.1, 0.15) is 47.0 Å². The highest BCUT2D eigenvalue weighted by Crippen LogP contribution is 2.37. The van der Waals surface area contributed by atoms with Gasteiger partial charge in [0.1, 0.15) is 0 Å². The minimum Gasteiger partial charge on any atom is -0.258 e. The summed E-state index contributed by atoms with van der Waals surface area (Å²) in [4.78, 5) is 16.2. The molecule has 1 atom stereocenters. The van der Waals surface area contributed by atoms with Gasteiger partial charge in [0.05, 0.1) is 10.6 Å². The zero-order valence-electron chi connectivity index (χ0n) is 16.3. The molecule has 3 rings (SSSR count). The Morgan fingerprint density at radius 3 is 2.85 bits per heavy atom. The van der Waals surface area contributed by atoms with E-state index in [2.05, 4.69) is 25.8 Å². The third-order valence-corrected chi connectivity index (χ3v) is 5.59. The lowest BCUT2D eigenvalue weighted by molar-refractivity contribution is -0.384. The van der Waals surface area contributed by atoms with E-state index in [9.17, 15) is 10.1 Å². The molecule has 1 aliphatic carbocycles. The van der Waals surface area contributed by atoms with Gasteiger partial charge in [-0.3, -0.25) is 15.1 Å². The first-order valence-corrected chi connectivity index (χ1v) is 10.2. The van der Waals surface area contributed by atoms with Crippen LogP contribution in [0.4, 0.5) is 5.69 Å². The summed E-state index contributed by atoms with van der Waals surface area (Å²) in [7, 11) is 0. The number of non-ortho nitro benzene ring substituents is 1. The number of nitro benzene ring substituents is 1. The average Bonchev–Trinajstić information content (AvgIpc) is 2.96. The number of nitro groups is 1. The number of aromatic nitrogens is 1. The Morgan fingerprint density at radius 1 is 1.41 bits per heavy atom. The molecule has 0 saturated heterocycles. The van der Waals surface area contributed by atoms with Crippen LogP contribution in [-0.2, 0) is 0 Å². The molecular weight excluding hydrogens is 360 g/mol. The molecule has 144 valence electrons. The Bertz CT molecular complexity index is 939. The largest absolute Gasteiger partial charge is 0.270 e. The van der Waals surface area contributed by atoms with Crippen molar-refractivity contribution >= 4 is 22.7 Å². The summed E-state index contributed by atoms with van der Waals surface area (Å²) in [5, 5.41) is 18.1. The van der Waals surface area contributed by atoms with E-state index >= 15 is 0 Å². The Morgan fingerprint density at radius 2 is 2.19 bits per heavy atom. The van der Waals surface area contributed by atoms with Crippen LogP contribution in [0, 0.1) is 21.4 Å². The van der Waals surface area contributed by atoms with E-state index in [1.165, 1.54) is 29.5 Å². The van der Waals surface area contributed by atoms with Crippen molar-refractivity contribution in [3.63, 3.8) is 0 Å². The van der Waals surface area contributed by atoms with Crippen LogP contribution in [0.5, 0.6) is 0 Å². The summed E-state index contributed by atoms with van der Waals surface area (Å²) in [6.45, 7) is 9.51. The molecule has 1 aliphatic rings. The molecule has 7 heteroatoms. The quantitative estimate of drug-likeness (QED) is 0.542. The van der Waals surface area contributed by atoms with Gasteiger partial charge >= 0.3 is 0 Å². The zero-order valence-corrected chi connectivity index (χ0v) is 17.1. The molecule has 1 heterocycles. The number of benzene rings is 1. The van der Waals surface area contributed by atoms with Crippen LogP contribution < -0.4 is 4.80 Å². The van der Waals surface area contributed by atoms with E-state index in [-0.39, 0.29) is 16.0 Å². The first-order valence-electron chi connectivity index (χ1n) is 9.31. The minimum atomic E-state index is -0.366. The normalized spacial score (nSPS) is 21.6. The third kappa shape index (κ3) is 4.53. The Balaban J connectivity index is 2.11. The number of nitrogens with zero attached hydrogens (tertiary/aromatic N) is 4. The number of hydrogen-bond donors (Lipinski definition) is 0. The smallest absolute Gasteiger partial charge is 0.258 e. The standard InChI is InChI=1S/C20H26N4O2S/c1-5-21-19-23(22-16-9-14(2)11-20(3,4)12-16)18(13-27-19)15-7-6-8-17(10-15)24(25)26/h6-8,10,13-14H,5,9,11-12H2,1-4H3/b21-19?,22-16+. The van der Waals surface area contributed by atoms with E-state index in [1.54, 1.807) is 12.1 Å². The molecule has 1 aromatic heterocycles. The summed E-state index contributed by atoms with van der Waals surface area (Å²) in [5.41, 5.74) is 3.12. The van der Waals surface area contributed by atoms with Gasteiger partial charge in [0.25, 0.3) is 5.69 Å². The van der Waals surface area contributed by atoms with Crippen molar-refractivity contribution in [1.29, 1.82) is 0 Å². The second-order valence-electron chi connectivity index (χ2n) is 8.02. The fourth-order valence-corrected chi connectivity index (χ4v) is 4.84. The number of thiazole rings is 1. The van der Waals surface area contributed by atoms with Crippen LogP contribution in [-0.4, -0.2) is 21.9 Å². The molecule has 0 radical (unpaired) electrons. The van der Waals surface area contributed by atoms with Crippen molar-refractivity contribution in [2.45, 2.75) is 47.0 Å². The molecule has 0 spiro atoms. The second kappa shape index (κ2) is 7.76. The Labute approximate surface area is 163 Å². The van der Waals surface area contributed by atoms with Crippen molar-refractivity contribution in [2.75, 3.05) is 6.54 Å². The Hall–Kier alpha value is -2.28. The molecule has 1 saturated carbocycles. The summed E-state index contributed by atoms with van der Waals surface area (Å²) >= 11 is 1.52. The van der Waals surface area contributed by atoms with Crippen LogP contribution in [0.15, 0.2) is 39.7 Å². The molecule has 0 N–H and O–H groups in total. The van der Waals surface area contributed by atoms with Crippen molar-refractivity contribution in [1.82, 2.24) is 4.68 Å². The first-order chi connectivity index (χ1) is 12.8. The predicted octanol–water partition coefficient (Wildman–Crippen LogP) is 5.10. The van der Waals surface area contributed by atoms with Crippen LogP contribution in [0.25, 0.3) is 11.3 Å². The van der Waals surface area contributed by atoms with Gasteiger partial charge in [-0.25, -0.2) is 4.68 Å². The maximum Gasteiger partial charge on any atom is 0.270 e. The van der Waals surface area contributed by atoms with E-state index < -0.39 is 0 Å². The summed E-state index contributed by atoms with van der Waals surface area (Å²) in [6, 6.07) is 6.70. The van der Waals surface area contributed by atoms with Gasteiger partial charge in [-0.1, -0.05) is 32.9 Å². The summed E-state index contributed by atoms with van der Waals surface area (Å²) in [6.07, 6.45) is 3.14. The summed E-state index contributed by atoms with van der Waals surface area (Å²) < 4.78 is 1.87. The number of hydrogen-bond acceptors (Lipinski definition) is 5. The fraction of sp³-hybridized carbons (Fsp3) is 0.500. The SMILES string of the molecule is CCN=c1scc(-c2cccc([N+](=O)[O-])c2)n1/N=C1\CC(C)CC(C)(C)C1. The Kier molecular flexibility index (Phi) is 5.60. The van der Waals surface area contributed by atoms with E-state index in [0.29, 0.717) is 12.5 Å². The molecule has 0 bridgehead atoms. The minimum absolute atomic E-state index is 0.0827. The molecule has 0 aliphatic heterocycles. The van der Waals surface area contributed by atoms with Gasteiger partial charge in [0.2, 0.25) is 4.80 Å². The fourth-order valence-electron chi connectivity index (χ4n) is 3.95. The van der Waals surface area contributed by atoms with Crippen LogP contribution in [0.3, 0.4) is 0 Å².